The second-order valence-electron chi connectivity index (χ2n) is 6.21. The van der Waals surface area contributed by atoms with Crippen LogP contribution in [0.3, 0.4) is 0 Å². The van der Waals surface area contributed by atoms with Gasteiger partial charge >= 0.3 is 11.9 Å². The van der Waals surface area contributed by atoms with Gasteiger partial charge in [-0.05, 0) is 51.7 Å². The predicted octanol–water partition coefficient (Wildman–Crippen LogP) is 3.66. The van der Waals surface area contributed by atoms with Crippen LogP contribution in [-0.2, 0) is 17.6 Å². The fourth-order valence-corrected chi connectivity index (χ4v) is 2.46. The average Bonchev–Trinajstić information content (AvgIpc) is 2.45. The number of hydrogen-bond donors (Lipinski definition) is 4. The summed E-state index contributed by atoms with van der Waals surface area (Å²) in [5, 5.41) is 38.4. The smallest absolute Gasteiger partial charge is 0.339 e. The molecule has 0 bridgehead atoms. The Hall–Kier alpha value is -2.76. The minimum atomic E-state index is -1.43. The van der Waals surface area contributed by atoms with Crippen molar-refractivity contribution in [1.82, 2.24) is 0 Å². The number of carboxylic acid groups (broad SMARTS) is 2. The normalized spacial score (nSPS) is 11.2. The fourth-order valence-electron chi connectivity index (χ4n) is 2.46. The van der Waals surface area contributed by atoms with E-state index in [-0.39, 0.29) is 23.3 Å². The van der Waals surface area contributed by atoms with E-state index in [4.69, 9.17) is 5.11 Å². The molecule has 1 aromatic rings. The van der Waals surface area contributed by atoms with Crippen molar-refractivity contribution in [3.8, 4) is 11.5 Å². The van der Waals surface area contributed by atoms with Crippen LogP contribution in [0.4, 0.5) is 0 Å². The molecule has 6 heteroatoms. The quantitative estimate of drug-likeness (QED) is 0.533. The lowest BCUT2D eigenvalue weighted by Gasteiger charge is -2.12. The highest BCUT2D eigenvalue weighted by Crippen LogP contribution is 2.35. The van der Waals surface area contributed by atoms with Crippen molar-refractivity contribution >= 4 is 11.9 Å². The summed E-state index contributed by atoms with van der Waals surface area (Å²) in [4.78, 5) is 22.2. The van der Waals surface area contributed by atoms with E-state index in [1.165, 1.54) is 5.57 Å². The van der Waals surface area contributed by atoms with Crippen LogP contribution >= 0.6 is 0 Å². The molecule has 6 nitrogen and oxygen atoms in total. The zero-order valence-corrected chi connectivity index (χ0v) is 14.7. The van der Waals surface area contributed by atoms with Crippen molar-refractivity contribution in [3.05, 3.63) is 46.1 Å². The number of carboxylic acids is 2. The Balaban J connectivity index is 3.12. The minimum absolute atomic E-state index is 0.0769. The van der Waals surface area contributed by atoms with Crippen LogP contribution < -0.4 is 0 Å². The molecule has 0 aromatic heterocycles. The summed E-state index contributed by atoms with van der Waals surface area (Å²) in [6.45, 7) is 5.95. The number of aromatic hydroxyl groups is 2. The van der Waals surface area contributed by atoms with Gasteiger partial charge in [0, 0.05) is 5.56 Å². The van der Waals surface area contributed by atoms with Gasteiger partial charge < -0.3 is 20.4 Å². The largest absolute Gasteiger partial charge is 0.508 e. The molecule has 0 aliphatic rings. The lowest BCUT2D eigenvalue weighted by molar-refractivity contribution is -0.136. The van der Waals surface area contributed by atoms with Gasteiger partial charge in [0.2, 0.25) is 0 Å². The predicted molar refractivity (Wildman–Crippen MR) is 94.2 cm³/mol. The second-order valence-corrected chi connectivity index (χ2v) is 6.21. The third-order valence-electron chi connectivity index (χ3n) is 3.77. The molecule has 0 aliphatic heterocycles. The summed E-state index contributed by atoms with van der Waals surface area (Å²) >= 11 is 0. The topological polar surface area (TPSA) is 115 Å². The van der Waals surface area contributed by atoms with Gasteiger partial charge in [-0.25, -0.2) is 4.79 Å². The molecule has 0 fully saturated rings. The molecule has 0 atom stereocenters. The van der Waals surface area contributed by atoms with Crippen molar-refractivity contribution in [2.24, 2.45) is 0 Å². The highest BCUT2D eigenvalue weighted by atomic mass is 16.4. The monoisotopic (exact) mass is 348 g/mol. The first-order chi connectivity index (χ1) is 11.6. The van der Waals surface area contributed by atoms with Gasteiger partial charge in [0.15, 0.2) is 0 Å². The van der Waals surface area contributed by atoms with Gasteiger partial charge in [-0.15, -0.1) is 0 Å². The summed E-state index contributed by atoms with van der Waals surface area (Å²) in [5.41, 5.74) is 1.73. The number of hydrogen-bond acceptors (Lipinski definition) is 4. The molecule has 25 heavy (non-hydrogen) atoms. The molecule has 136 valence electrons. The van der Waals surface area contributed by atoms with Crippen LogP contribution in [0, 0.1) is 0 Å². The number of rotatable bonds is 8. The maximum atomic E-state index is 11.4. The van der Waals surface area contributed by atoms with E-state index in [0.29, 0.717) is 0 Å². The van der Waals surface area contributed by atoms with Crippen LogP contribution in [-0.4, -0.2) is 32.4 Å². The Bertz CT molecular complexity index is 724. The molecule has 0 saturated carbocycles. The first kappa shape index (κ1) is 20.3. The number of aromatic carboxylic acids is 1. The Morgan fingerprint density at radius 1 is 1.08 bits per heavy atom. The molecule has 0 aliphatic carbocycles. The zero-order chi connectivity index (χ0) is 19.1. The second kappa shape index (κ2) is 8.92. The molecule has 0 saturated heterocycles. The van der Waals surface area contributed by atoms with Gasteiger partial charge in [-0.3, -0.25) is 4.79 Å². The third-order valence-corrected chi connectivity index (χ3v) is 3.77. The lowest BCUT2D eigenvalue weighted by atomic mass is 9.96. The SMILES string of the molecule is CC(C)=CCCC(C)=CCc1c(O)cc(CC(=O)O)c(C(=O)O)c1O. The lowest BCUT2D eigenvalue weighted by Crippen LogP contribution is -2.09. The highest BCUT2D eigenvalue weighted by Gasteiger charge is 2.23. The van der Waals surface area contributed by atoms with Crippen LogP contribution in [0.15, 0.2) is 29.4 Å². The van der Waals surface area contributed by atoms with E-state index in [1.54, 1.807) is 0 Å². The zero-order valence-electron chi connectivity index (χ0n) is 14.7. The number of aliphatic carboxylic acids is 1. The van der Waals surface area contributed by atoms with Gasteiger partial charge in [-0.2, -0.15) is 0 Å². The summed E-state index contributed by atoms with van der Waals surface area (Å²) in [7, 11) is 0. The van der Waals surface area contributed by atoms with Crippen LogP contribution in [0.5, 0.6) is 11.5 Å². The molecule has 0 radical (unpaired) electrons. The number of phenolic OH excluding ortho intramolecular Hbond substituents is 1. The molecule has 0 heterocycles. The number of phenols is 2. The van der Waals surface area contributed by atoms with Gasteiger partial charge in [-0.1, -0.05) is 23.3 Å². The maximum absolute atomic E-state index is 11.4. The number of carbonyl (C=O) groups is 2. The number of benzene rings is 1. The van der Waals surface area contributed by atoms with E-state index in [0.717, 1.165) is 24.5 Å². The molecule has 0 spiro atoms. The van der Waals surface area contributed by atoms with E-state index in [9.17, 15) is 24.9 Å². The Morgan fingerprint density at radius 3 is 2.24 bits per heavy atom. The molecular formula is C19H24O6. The average molecular weight is 348 g/mol. The standard InChI is InChI=1S/C19H24O6/c1-11(2)5-4-6-12(3)7-8-14-15(20)9-13(10-16(21)22)17(18(14)23)19(24)25/h5,7,9,20,23H,4,6,8,10H2,1-3H3,(H,21,22)(H,24,25). The molecule has 4 N–H and O–H groups in total. The van der Waals surface area contributed by atoms with Crippen LogP contribution in [0.1, 0.15) is 55.1 Å². The molecular weight excluding hydrogens is 324 g/mol. The van der Waals surface area contributed by atoms with Crippen molar-refractivity contribution in [2.75, 3.05) is 0 Å². The van der Waals surface area contributed by atoms with E-state index in [1.807, 2.05) is 26.8 Å². The van der Waals surface area contributed by atoms with Crippen LogP contribution in [0.2, 0.25) is 0 Å². The molecule has 1 rings (SSSR count). The number of allylic oxidation sites excluding steroid dienone is 4. The summed E-state index contributed by atoms with van der Waals surface area (Å²) in [6, 6.07) is 1.10. The molecule has 0 amide bonds. The van der Waals surface area contributed by atoms with E-state index < -0.39 is 29.7 Å². The van der Waals surface area contributed by atoms with Crippen molar-refractivity contribution in [1.29, 1.82) is 0 Å². The van der Waals surface area contributed by atoms with Crippen molar-refractivity contribution < 1.29 is 30.0 Å². The molecule has 0 unspecified atom stereocenters. The van der Waals surface area contributed by atoms with Gasteiger partial charge in [0.1, 0.15) is 17.1 Å². The first-order valence-corrected chi connectivity index (χ1v) is 7.94. The highest BCUT2D eigenvalue weighted by molar-refractivity contribution is 5.95. The van der Waals surface area contributed by atoms with E-state index in [2.05, 4.69) is 6.08 Å². The van der Waals surface area contributed by atoms with Gasteiger partial charge in [0.25, 0.3) is 0 Å². The maximum Gasteiger partial charge on any atom is 0.339 e. The van der Waals surface area contributed by atoms with E-state index >= 15 is 0 Å². The first-order valence-electron chi connectivity index (χ1n) is 7.94. The molecule has 1 aromatic carbocycles. The van der Waals surface area contributed by atoms with Crippen LogP contribution in [0.25, 0.3) is 0 Å². The van der Waals surface area contributed by atoms with Gasteiger partial charge in [0.05, 0.1) is 6.42 Å². The Labute approximate surface area is 146 Å². The van der Waals surface area contributed by atoms with Crippen molar-refractivity contribution in [2.45, 2.75) is 46.5 Å². The summed E-state index contributed by atoms with van der Waals surface area (Å²) in [6.07, 6.45) is 5.17. The Morgan fingerprint density at radius 2 is 1.72 bits per heavy atom. The fraction of sp³-hybridized carbons (Fsp3) is 0.368. The minimum Gasteiger partial charge on any atom is -0.508 e. The summed E-state index contributed by atoms with van der Waals surface area (Å²) in [5.74, 6) is -3.58. The van der Waals surface area contributed by atoms with Crippen molar-refractivity contribution in [3.63, 3.8) is 0 Å². The summed E-state index contributed by atoms with van der Waals surface area (Å²) < 4.78 is 0. The Kier molecular flexibility index (Phi) is 7.23. The third kappa shape index (κ3) is 5.99.